The number of hydrogen-bond donors (Lipinski definition) is 0. The van der Waals surface area contributed by atoms with Crippen LogP contribution in [0.3, 0.4) is 0 Å². The van der Waals surface area contributed by atoms with Crippen LogP contribution in [-0.4, -0.2) is 6.61 Å². The van der Waals surface area contributed by atoms with Crippen LogP contribution in [0.4, 0.5) is 8.78 Å². The standard InChI is InChI=1S/C11H12F2O/c1-3-14-9(2)11(12,13)10-7-5-4-6-8-10/h4-8H,2-3H2,1H3. The van der Waals surface area contributed by atoms with E-state index in [1.807, 2.05) is 0 Å². The summed E-state index contributed by atoms with van der Waals surface area (Å²) in [5.41, 5.74) is -0.0987. The Morgan fingerprint density at radius 1 is 1.36 bits per heavy atom. The maximum atomic E-state index is 13.5. The molecule has 0 unspecified atom stereocenters. The van der Waals surface area contributed by atoms with E-state index in [1.165, 1.54) is 12.1 Å². The van der Waals surface area contributed by atoms with Crippen molar-refractivity contribution in [2.24, 2.45) is 0 Å². The third kappa shape index (κ3) is 2.10. The summed E-state index contributed by atoms with van der Waals surface area (Å²) < 4.78 is 31.7. The molecule has 1 nitrogen and oxygen atoms in total. The van der Waals surface area contributed by atoms with Gasteiger partial charge in [-0.1, -0.05) is 36.9 Å². The summed E-state index contributed by atoms with van der Waals surface area (Å²) in [6.45, 7) is 5.06. The third-order valence-corrected chi connectivity index (χ3v) is 1.81. The first kappa shape index (κ1) is 10.7. The van der Waals surface area contributed by atoms with Gasteiger partial charge in [0, 0.05) is 5.56 Å². The van der Waals surface area contributed by atoms with E-state index in [0.717, 1.165) is 0 Å². The Kier molecular flexibility index (Phi) is 3.23. The first-order valence-electron chi connectivity index (χ1n) is 4.34. The monoisotopic (exact) mass is 198 g/mol. The quantitative estimate of drug-likeness (QED) is 0.674. The summed E-state index contributed by atoms with van der Waals surface area (Å²) in [4.78, 5) is 0. The highest BCUT2D eigenvalue weighted by Gasteiger charge is 2.36. The highest BCUT2D eigenvalue weighted by atomic mass is 19.3. The molecule has 0 heterocycles. The molecule has 0 aliphatic heterocycles. The fourth-order valence-corrected chi connectivity index (χ4v) is 1.07. The van der Waals surface area contributed by atoms with E-state index in [1.54, 1.807) is 25.1 Å². The second-order valence-corrected chi connectivity index (χ2v) is 2.80. The smallest absolute Gasteiger partial charge is 0.328 e. The van der Waals surface area contributed by atoms with Gasteiger partial charge in [-0.2, -0.15) is 8.78 Å². The maximum absolute atomic E-state index is 13.5. The highest BCUT2D eigenvalue weighted by molar-refractivity contribution is 5.26. The molecular formula is C11H12F2O. The molecule has 0 saturated carbocycles. The van der Waals surface area contributed by atoms with Crippen molar-refractivity contribution in [1.29, 1.82) is 0 Å². The van der Waals surface area contributed by atoms with E-state index in [0.29, 0.717) is 0 Å². The average Bonchev–Trinajstić information content (AvgIpc) is 2.19. The lowest BCUT2D eigenvalue weighted by molar-refractivity contribution is -0.0237. The highest BCUT2D eigenvalue weighted by Crippen LogP contribution is 2.34. The molecule has 0 spiro atoms. The number of ether oxygens (including phenoxy) is 1. The normalized spacial score (nSPS) is 11.1. The van der Waals surface area contributed by atoms with Gasteiger partial charge in [-0.3, -0.25) is 0 Å². The van der Waals surface area contributed by atoms with Crippen molar-refractivity contribution in [2.45, 2.75) is 12.8 Å². The minimum absolute atomic E-state index is 0.0987. The van der Waals surface area contributed by atoms with E-state index in [-0.39, 0.29) is 12.2 Å². The fraction of sp³-hybridized carbons (Fsp3) is 0.273. The molecular weight excluding hydrogens is 186 g/mol. The van der Waals surface area contributed by atoms with Crippen LogP contribution >= 0.6 is 0 Å². The maximum Gasteiger partial charge on any atom is 0.328 e. The van der Waals surface area contributed by atoms with E-state index in [2.05, 4.69) is 6.58 Å². The van der Waals surface area contributed by atoms with Crippen LogP contribution in [0.25, 0.3) is 0 Å². The zero-order valence-corrected chi connectivity index (χ0v) is 7.97. The fourth-order valence-electron chi connectivity index (χ4n) is 1.07. The predicted molar refractivity (Wildman–Crippen MR) is 51.1 cm³/mol. The van der Waals surface area contributed by atoms with Gasteiger partial charge in [-0.15, -0.1) is 0 Å². The van der Waals surface area contributed by atoms with Crippen molar-refractivity contribution >= 4 is 0 Å². The number of rotatable bonds is 4. The molecule has 1 aromatic carbocycles. The van der Waals surface area contributed by atoms with E-state index in [4.69, 9.17) is 4.74 Å². The van der Waals surface area contributed by atoms with Gasteiger partial charge >= 0.3 is 5.92 Å². The molecule has 14 heavy (non-hydrogen) atoms. The van der Waals surface area contributed by atoms with Crippen molar-refractivity contribution in [3.05, 3.63) is 48.2 Å². The lowest BCUT2D eigenvalue weighted by Gasteiger charge is -2.18. The van der Waals surface area contributed by atoms with E-state index in [9.17, 15) is 8.78 Å². The van der Waals surface area contributed by atoms with Crippen LogP contribution in [0.1, 0.15) is 12.5 Å². The Hall–Kier alpha value is -1.38. The van der Waals surface area contributed by atoms with Gasteiger partial charge in [-0.25, -0.2) is 0 Å². The number of alkyl halides is 2. The Bertz CT molecular complexity index is 306. The molecule has 0 bridgehead atoms. The average molecular weight is 198 g/mol. The Balaban J connectivity index is 2.90. The largest absolute Gasteiger partial charge is 0.492 e. The second-order valence-electron chi connectivity index (χ2n) is 2.80. The van der Waals surface area contributed by atoms with Crippen molar-refractivity contribution in [2.75, 3.05) is 6.61 Å². The van der Waals surface area contributed by atoms with Crippen LogP contribution < -0.4 is 0 Å². The van der Waals surface area contributed by atoms with Crippen molar-refractivity contribution < 1.29 is 13.5 Å². The molecule has 0 N–H and O–H groups in total. The second kappa shape index (κ2) is 4.22. The molecule has 0 radical (unpaired) electrons. The van der Waals surface area contributed by atoms with E-state index >= 15 is 0 Å². The SMILES string of the molecule is C=C(OCC)C(F)(F)c1ccccc1. The zero-order chi connectivity index (χ0) is 10.6. The summed E-state index contributed by atoms with van der Waals surface area (Å²) >= 11 is 0. The molecule has 0 aromatic heterocycles. The topological polar surface area (TPSA) is 9.23 Å². The number of hydrogen-bond acceptors (Lipinski definition) is 1. The minimum Gasteiger partial charge on any atom is -0.492 e. The van der Waals surface area contributed by atoms with Crippen LogP contribution in [0.2, 0.25) is 0 Å². The molecule has 0 amide bonds. The number of benzene rings is 1. The Morgan fingerprint density at radius 2 is 1.93 bits per heavy atom. The van der Waals surface area contributed by atoms with Gasteiger partial charge in [0.15, 0.2) is 5.76 Å². The summed E-state index contributed by atoms with van der Waals surface area (Å²) in [6.07, 6.45) is 0. The molecule has 76 valence electrons. The van der Waals surface area contributed by atoms with E-state index < -0.39 is 11.7 Å². The minimum atomic E-state index is -3.11. The summed E-state index contributed by atoms with van der Waals surface area (Å²) in [5, 5.41) is 0. The van der Waals surface area contributed by atoms with Crippen LogP contribution in [-0.2, 0) is 10.7 Å². The first-order chi connectivity index (χ1) is 6.59. The Labute approximate surface area is 82.0 Å². The molecule has 1 rings (SSSR count). The van der Waals surface area contributed by atoms with Gasteiger partial charge in [0.05, 0.1) is 6.61 Å². The molecule has 0 atom stereocenters. The lowest BCUT2D eigenvalue weighted by Crippen LogP contribution is -2.18. The van der Waals surface area contributed by atoms with Gasteiger partial charge in [0.25, 0.3) is 0 Å². The van der Waals surface area contributed by atoms with Crippen LogP contribution in [0, 0.1) is 0 Å². The van der Waals surface area contributed by atoms with Crippen LogP contribution in [0.15, 0.2) is 42.7 Å². The predicted octanol–water partition coefficient (Wildman–Crippen LogP) is 3.33. The molecule has 3 heteroatoms. The summed E-state index contributed by atoms with van der Waals surface area (Å²) in [5.74, 6) is -3.62. The van der Waals surface area contributed by atoms with Gasteiger partial charge < -0.3 is 4.74 Å². The van der Waals surface area contributed by atoms with Crippen molar-refractivity contribution in [3.8, 4) is 0 Å². The van der Waals surface area contributed by atoms with Gasteiger partial charge in [0.2, 0.25) is 0 Å². The number of allylic oxidation sites excluding steroid dienone is 1. The molecule has 0 aliphatic rings. The van der Waals surface area contributed by atoms with Crippen molar-refractivity contribution in [1.82, 2.24) is 0 Å². The molecule has 1 aromatic rings. The summed E-state index contributed by atoms with van der Waals surface area (Å²) in [6, 6.07) is 7.50. The number of halogens is 2. The molecule has 0 saturated heterocycles. The molecule has 0 aliphatic carbocycles. The van der Waals surface area contributed by atoms with Crippen LogP contribution in [0.5, 0.6) is 0 Å². The third-order valence-electron chi connectivity index (χ3n) is 1.81. The molecule has 0 fully saturated rings. The van der Waals surface area contributed by atoms with Gasteiger partial charge in [-0.05, 0) is 6.92 Å². The van der Waals surface area contributed by atoms with Gasteiger partial charge in [0.1, 0.15) is 0 Å². The van der Waals surface area contributed by atoms with Crippen molar-refractivity contribution in [3.63, 3.8) is 0 Å². The zero-order valence-electron chi connectivity index (χ0n) is 7.97. The first-order valence-corrected chi connectivity index (χ1v) is 4.34. The summed E-state index contributed by atoms with van der Waals surface area (Å²) in [7, 11) is 0. The Morgan fingerprint density at radius 3 is 2.43 bits per heavy atom. The lowest BCUT2D eigenvalue weighted by atomic mass is 10.1.